The van der Waals surface area contributed by atoms with E-state index in [0.717, 1.165) is 29.7 Å². The average molecular weight is 301 g/mol. The van der Waals surface area contributed by atoms with Crippen LogP contribution in [0, 0.1) is 5.82 Å². The number of nitrogens with one attached hydrogen (secondary N) is 1. The van der Waals surface area contributed by atoms with Crippen molar-refractivity contribution in [3.63, 3.8) is 0 Å². The monoisotopic (exact) mass is 301 g/mol. The van der Waals surface area contributed by atoms with Crippen molar-refractivity contribution in [3.05, 3.63) is 65.0 Å². The topological polar surface area (TPSA) is 41.5 Å². The quantitative estimate of drug-likeness (QED) is 0.891. The second kappa shape index (κ2) is 6.46. The summed E-state index contributed by atoms with van der Waals surface area (Å²) in [6, 6.07) is 12.4. The van der Waals surface area contributed by atoms with Gasteiger partial charge in [-0.15, -0.1) is 0 Å². The molecule has 116 valence electrons. The van der Waals surface area contributed by atoms with Crippen LogP contribution >= 0.6 is 0 Å². The molecule has 1 aliphatic carbocycles. The van der Waals surface area contributed by atoms with Gasteiger partial charge in [-0.25, -0.2) is 4.39 Å². The molecule has 0 heterocycles. The summed E-state index contributed by atoms with van der Waals surface area (Å²) in [7, 11) is 1.61. The number of halogens is 1. The number of aliphatic hydroxyl groups excluding tert-OH is 1. The van der Waals surface area contributed by atoms with Crippen LogP contribution in [0.1, 0.15) is 35.3 Å². The highest BCUT2D eigenvalue weighted by Crippen LogP contribution is 2.32. The summed E-state index contributed by atoms with van der Waals surface area (Å²) in [5.74, 6) is 0.562. The van der Waals surface area contributed by atoms with E-state index in [9.17, 15) is 9.50 Å². The van der Waals surface area contributed by atoms with Crippen LogP contribution in [0.15, 0.2) is 42.5 Å². The minimum atomic E-state index is -0.594. The Kier molecular flexibility index (Phi) is 4.41. The minimum Gasteiger partial charge on any atom is -0.497 e. The lowest BCUT2D eigenvalue weighted by Crippen LogP contribution is -2.25. The molecule has 0 saturated heterocycles. The molecule has 0 aliphatic heterocycles. The molecule has 0 bridgehead atoms. The first kappa shape index (κ1) is 15.0. The van der Waals surface area contributed by atoms with Gasteiger partial charge in [-0.1, -0.05) is 18.2 Å². The van der Waals surface area contributed by atoms with Crippen LogP contribution in [0.2, 0.25) is 0 Å². The Balaban J connectivity index is 1.62. The van der Waals surface area contributed by atoms with Crippen molar-refractivity contribution in [2.24, 2.45) is 0 Å². The second-order valence-corrected chi connectivity index (χ2v) is 5.63. The number of ether oxygens (including phenoxy) is 1. The molecule has 0 aromatic heterocycles. The Labute approximate surface area is 129 Å². The van der Waals surface area contributed by atoms with Gasteiger partial charge in [0.2, 0.25) is 0 Å². The van der Waals surface area contributed by atoms with Crippen molar-refractivity contribution < 1.29 is 14.2 Å². The fourth-order valence-corrected chi connectivity index (χ4v) is 2.98. The van der Waals surface area contributed by atoms with Crippen LogP contribution in [0.5, 0.6) is 5.75 Å². The Morgan fingerprint density at radius 1 is 1.27 bits per heavy atom. The highest BCUT2D eigenvalue weighted by atomic mass is 19.1. The van der Waals surface area contributed by atoms with Crippen molar-refractivity contribution in [1.82, 2.24) is 5.32 Å². The van der Waals surface area contributed by atoms with Crippen LogP contribution in [0.3, 0.4) is 0 Å². The molecule has 0 radical (unpaired) electrons. The highest BCUT2D eigenvalue weighted by Gasteiger charge is 2.23. The molecule has 2 atom stereocenters. The zero-order valence-corrected chi connectivity index (χ0v) is 12.6. The Hall–Kier alpha value is -1.91. The molecule has 22 heavy (non-hydrogen) atoms. The smallest absolute Gasteiger partial charge is 0.123 e. The summed E-state index contributed by atoms with van der Waals surface area (Å²) in [5, 5.41) is 13.6. The minimum absolute atomic E-state index is 0.110. The molecular weight excluding hydrogens is 281 g/mol. The molecule has 2 aromatic rings. The number of aliphatic hydroxyl groups is 1. The summed E-state index contributed by atoms with van der Waals surface area (Å²) in [6.07, 6.45) is 1.29. The van der Waals surface area contributed by atoms with Gasteiger partial charge in [0, 0.05) is 12.6 Å². The van der Waals surface area contributed by atoms with E-state index in [1.54, 1.807) is 13.2 Å². The molecule has 1 aliphatic rings. The average Bonchev–Trinajstić information content (AvgIpc) is 2.95. The molecule has 0 amide bonds. The number of benzene rings is 2. The SMILES string of the molecule is COc1ccc([C@H](O)CN[C@@H]2CCc3ccc(F)cc32)cc1. The molecule has 0 fully saturated rings. The Morgan fingerprint density at radius 3 is 2.77 bits per heavy atom. The van der Waals surface area contributed by atoms with E-state index >= 15 is 0 Å². The summed E-state index contributed by atoms with van der Waals surface area (Å²) >= 11 is 0. The molecule has 3 nitrogen and oxygen atoms in total. The van der Waals surface area contributed by atoms with E-state index in [0.29, 0.717) is 6.54 Å². The highest BCUT2D eigenvalue weighted by molar-refractivity contribution is 5.35. The van der Waals surface area contributed by atoms with Gasteiger partial charge in [0.25, 0.3) is 0 Å². The summed E-state index contributed by atoms with van der Waals surface area (Å²) in [5.41, 5.74) is 3.05. The third kappa shape index (κ3) is 3.13. The van der Waals surface area contributed by atoms with Crippen LogP contribution in [0.4, 0.5) is 4.39 Å². The van der Waals surface area contributed by atoms with E-state index in [2.05, 4.69) is 5.32 Å². The molecule has 4 heteroatoms. The summed E-state index contributed by atoms with van der Waals surface area (Å²) in [6.45, 7) is 0.437. The molecule has 3 rings (SSSR count). The maximum atomic E-state index is 13.4. The number of fused-ring (bicyclic) bond motifs is 1. The number of rotatable bonds is 5. The van der Waals surface area contributed by atoms with E-state index in [1.807, 2.05) is 30.3 Å². The summed E-state index contributed by atoms with van der Waals surface area (Å²) in [4.78, 5) is 0. The van der Waals surface area contributed by atoms with Crippen molar-refractivity contribution >= 4 is 0 Å². The van der Waals surface area contributed by atoms with Gasteiger partial charge in [0.05, 0.1) is 13.2 Å². The number of hydrogen-bond acceptors (Lipinski definition) is 3. The van der Waals surface area contributed by atoms with Crippen molar-refractivity contribution in [3.8, 4) is 5.75 Å². The third-order valence-corrected chi connectivity index (χ3v) is 4.24. The second-order valence-electron chi connectivity index (χ2n) is 5.63. The first-order chi connectivity index (χ1) is 10.7. The van der Waals surface area contributed by atoms with Gasteiger partial charge in [-0.05, 0) is 53.8 Å². The first-order valence-electron chi connectivity index (χ1n) is 7.51. The fraction of sp³-hybridized carbons (Fsp3) is 0.333. The zero-order chi connectivity index (χ0) is 15.5. The van der Waals surface area contributed by atoms with Gasteiger partial charge in [0.15, 0.2) is 0 Å². The van der Waals surface area contributed by atoms with E-state index < -0.39 is 6.10 Å². The maximum absolute atomic E-state index is 13.4. The largest absolute Gasteiger partial charge is 0.497 e. The standard InChI is InChI=1S/C18H20FNO2/c1-22-15-7-3-13(4-8-15)18(21)11-20-17-9-5-12-2-6-14(19)10-16(12)17/h2-4,6-8,10,17-18,20-21H,5,9,11H2,1H3/t17-,18-/m1/s1. The van der Waals surface area contributed by atoms with E-state index in [-0.39, 0.29) is 11.9 Å². The lowest BCUT2D eigenvalue weighted by atomic mass is 10.1. The van der Waals surface area contributed by atoms with Crippen molar-refractivity contribution in [2.75, 3.05) is 13.7 Å². The van der Waals surface area contributed by atoms with Gasteiger partial charge < -0.3 is 15.2 Å². The van der Waals surface area contributed by atoms with Gasteiger partial charge in [0.1, 0.15) is 11.6 Å². The lowest BCUT2D eigenvalue weighted by Gasteiger charge is -2.18. The molecule has 2 aromatic carbocycles. The van der Waals surface area contributed by atoms with Gasteiger partial charge >= 0.3 is 0 Å². The lowest BCUT2D eigenvalue weighted by molar-refractivity contribution is 0.169. The molecule has 0 spiro atoms. The maximum Gasteiger partial charge on any atom is 0.123 e. The van der Waals surface area contributed by atoms with Gasteiger partial charge in [-0.3, -0.25) is 0 Å². The molecule has 0 unspecified atom stereocenters. The summed E-state index contributed by atoms with van der Waals surface area (Å²) < 4.78 is 18.5. The van der Waals surface area contributed by atoms with Crippen LogP contribution in [-0.4, -0.2) is 18.8 Å². The molecule has 0 saturated carbocycles. The van der Waals surface area contributed by atoms with Crippen molar-refractivity contribution in [1.29, 1.82) is 0 Å². The normalized spacial score (nSPS) is 18.0. The predicted molar refractivity (Wildman–Crippen MR) is 83.4 cm³/mol. The van der Waals surface area contributed by atoms with E-state index in [1.165, 1.54) is 11.6 Å². The predicted octanol–water partition coefficient (Wildman–Crippen LogP) is 3.14. The first-order valence-corrected chi connectivity index (χ1v) is 7.51. The van der Waals surface area contributed by atoms with Crippen LogP contribution < -0.4 is 10.1 Å². The molecule has 2 N–H and O–H groups in total. The zero-order valence-electron chi connectivity index (χ0n) is 12.6. The van der Waals surface area contributed by atoms with Crippen molar-refractivity contribution in [2.45, 2.75) is 25.0 Å². The van der Waals surface area contributed by atoms with Gasteiger partial charge in [-0.2, -0.15) is 0 Å². The fourth-order valence-electron chi connectivity index (χ4n) is 2.98. The van der Waals surface area contributed by atoms with Crippen LogP contribution in [0.25, 0.3) is 0 Å². The Bertz CT molecular complexity index is 642. The van der Waals surface area contributed by atoms with E-state index in [4.69, 9.17) is 4.74 Å². The number of aryl methyl sites for hydroxylation is 1. The third-order valence-electron chi connectivity index (χ3n) is 4.24. The van der Waals surface area contributed by atoms with Crippen LogP contribution in [-0.2, 0) is 6.42 Å². The molecular formula is C18H20FNO2. The Morgan fingerprint density at radius 2 is 2.05 bits per heavy atom. The number of hydrogen-bond donors (Lipinski definition) is 2. The number of methoxy groups -OCH3 is 1.